The van der Waals surface area contributed by atoms with Crippen molar-refractivity contribution in [3.05, 3.63) is 64.6 Å². The Morgan fingerprint density at radius 2 is 1.66 bits per heavy atom. The van der Waals surface area contributed by atoms with Crippen LogP contribution in [-0.2, 0) is 6.18 Å². The molecular weight excluding hydrogens is 414 g/mol. The first-order valence-corrected chi connectivity index (χ1v) is 8.56. The van der Waals surface area contributed by atoms with Crippen molar-refractivity contribution < 1.29 is 26.6 Å². The number of aryl methyl sites for hydroxylation is 1. The van der Waals surface area contributed by atoms with Crippen LogP contribution in [0.1, 0.15) is 11.3 Å². The monoisotopic (exact) mass is 423 g/mol. The van der Waals surface area contributed by atoms with Gasteiger partial charge in [0.25, 0.3) is 5.89 Å². The van der Waals surface area contributed by atoms with Gasteiger partial charge in [-0.15, -0.1) is 0 Å². The molecule has 0 unspecified atom stereocenters. The quantitative estimate of drug-likeness (QED) is 0.368. The Labute approximate surface area is 165 Å². The number of aromatic nitrogens is 3. The maximum absolute atomic E-state index is 14.3. The van der Waals surface area contributed by atoms with E-state index < -0.39 is 17.6 Å². The number of rotatable bonds is 3. The Balaban J connectivity index is 1.76. The molecule has 5 nitrogen and oxygen atoms in total. The molecule has 2 heterocycles. The fourth-order valence-electron chi connectivity index (χ4n) is 2.77. The van der Waals surface area contributed by atoms with Crippen molar-refractivity contribution >= 4 is 11.6 Å². The van der Waals surface area contributed by atoms with Gasteiger partial charge in [0, 0.05) is 5.56 Å². The number of hydrogen-bond acceptors (Lipinski definition) is 5. The highest BCUT2D eigenvalue weighted by atomic mass is 35.5. The van der Waals surface area contributed by atoms with Gasteiger partial charge < -0.3 is 9.05 Å². The van der Waals surface area contributed by atoms with Crippen LogP contribution in [-0.4, -0.2) is 15.3 Å². The molecular formula is C19H10ClF4N3O2. The van der Waals surface area contributed by atoms with Gasteiger partial charge in [-0.2, -0.15) is 18.2 Å². The van der Waals surface area contributed by atoms with Crippen LogP contribution in [0.3, 0.4) is 0 Å². The third-order valence-corrected chi connectivity index (χ3v) is 4.49. The average molecular weight is 424 g/mol. The van der Waals surface area contributed by atoms with Crippen LogP contribution in [0.5, 0.6) is 0 Å². The summed E-state index contributed by atoms with van der Waals surface area (Å²) >= 11 is 6.11. The molecule has 0 bridgehead atoms. The molecule has 2 aromatic carbocycles. The summed E-state index contributed by atoms with van der Waals surface area (Å²) in [4.78, 5) is 4.20. The molecule has 148 valence electrons. The van der Waals surface area contributed by atoms with Crippen molar-refractivity contribution in [2.45, 2.75) is 13.1 Å². The summed E-state index contributed by atoms with van der Waals surface area (Å²) < 4.78 is 62.9. The normalized spacial score (nSPS) is 11.8. The summed E-state index contributed by atoms with van der Waals surface area (Å²) in [7, 11) is 0. The number of alkyl halides is 3. The van der Waals surface area contributed by atoms with Crippen molar-refractivity contribution in [2.75, 3.05) is 0 Å². The summed E-state index contributed by atoms with van der Waals surface area (Å²) in [6, 6.07) is 8.45. The van der Waals surface area contributed by atoms with Gasteiger partial charge in [-0.3, -0.25) is 0 Å². The van der Waals surface area contributed by atoms with Gasteiger partial charge in [-0.05, 0) is 31.2 Å². The van der Waals surface area contributed by atoms with Gasteiger partial charge in [0.1, 0.15) is 22.8 Å². The number of benzene rings is 2. The Morgan fingerprint density at radius 1 is 0.931 bits per heavy atom. The largest absolute Gasteiger partial charge is 0.416 e. The van der Waals surface area contributed by atoms with Crippen LogP contribution in [0.15, 0.2) is 51.5 Å². The van der Waals surface area contributed by atoms with Gasteiger partial charge in [-0.25, -0.2) is 4.39 Å². The topological polar surface area (TPSA) is 65.0 Å². The Bertz CT molecular complexity index is 1160. The van der Waals surface area contributed by atoms with E-state index in [1.807, 2.05) is 0 Å². The van der Waals surface area contributed by atoms with E-state index >= 15 is 0 Å². The standard InChI is InChI=1S/C19H10ClF4N3O2/c1-9-14(16(26-28-9)15-12(20)3-2-4-13(15)21)18-25-17(27-29-18)10-5-7-11(8-6-10)19(22,23)24/h2-8H,1H3. The van der Waals surface area contributed by atoms with Crippen LogP contribution in [0, 0.1) is 12.7 Å². The number of hydrogen-bond donors (Lipinski definition) is 0. The highest BCUT2D eigenvalue weighted by Crippen LogP contribution is 2.39. The molecule has 0 atom stereocenters. The van der Waals surface area contributed by atoms with Crippen molar-refractivity contribution in [1.82, 2.24) is 15.3 Å². The SMILES string of the molecule is Cc1onc(-c2c(F)cccc2Cl)c1-c1nc(-c2ccc(C(F)(F)F)cc2)no1. The summed E-state index contributed by atoms with van der Waals surface area (Å²) in [5.41, 5.74) is -0.157. The number of halogens is 5. The fourth-order valence-corrected chi connectivity index (χ4v) is 3.02. The highest BCUT2D eigenvalue weighted by Gasteiger charge is 2.30. The molecule has 29 heavy (non-hydrogen) atoms. The molecule has 0 amide bonds. The lowest BCUT2D eigenvalue weighted by molar-refractivity contribution is -0.137. The van der Waals surface area contributed by atoms with Crippen LogP contribution in [0.2, 0.25) is 5.02 Å². The molecule has 2 aromatic heterocycles. The number of nitrogens with zero attached hydrogens (tertiary/aromatic N) is 3. The van der Waals surface area contributed by atoms with Crippen LogP contribution in [0.4, 0.5) is 17.6 Å². The second-order valence-electron chi connectivity index (χ2n) is 6.06. The summed E-state index contributed by atoms with van der Waals surface area (Å²) in [6.07, 6.45) is -4.45. The molecule has 0 aliphatic heterocycles. The maximum Gasteiger partial charge on any atom is 0.416 e. The Kier molecular flexibility index (Phi) is 4.62. The third-order valence-electron chi connectivity index (χ3n) is 4.17. The first kappa shape index (κ1) is 19.1. The first-order chi connectivity index (χ1) is 13.8. The van der Waals surface area contributed by atoms with E-state index in [1.165, 1.54) is 30.3 Å². The molecule has 10 heteroatoms. The first-order valence-electron chi connectivity index (χ1n) is 8.18. The zero-order chi connectivity index (χ0) is 20.8. The van der Waals surface area contributed by atoms with E-state index in [1.54, 1.807) is 6.92 Å². The van der Waals surface area contributed by atoms with E-state index in [4.69, 9.17) is 20.6 Å². The summed E-state index contributed by atoms with van der Waals surface area (Å²) in [5, 5.41) is 7.76. The molecule has 0 saturated heterocycles. The van der Waals surface area contributed by atoms with Crippen molar-refractivity contribution in [1.29, 1.82) is 0 Å². The van der Waals surface area contributed by atoms with Crippen LogP contribution < -0.4 is 0 Å². The molecule has 0 N–H and O–H groups in total. The van der Waals surface area contributed by atoms with Gasteiger partial charge >= 0.3 is 6.18 Å². The molecule has 0 spiro atoms. The maximum atomic E-state index is 14.3. The minimum absolute atomic E-state index is 0.00953. The minimum Gasteiger partial charge on any atom is -0.360 e. The van der Waals surface area contributed by atoms with Crippen molar-refractivity contribution in [2.24, 2.45) is 0 Å². The fraction of sp³-hybridized carbons (Fsp3) is 0.105. The molecule has 0 aliphatic rings. The smallest absolute Gasteiger partial charge is 0.360 e. The molecule has 0 radical (unpaired) electrons. The lowest BCUT2D eigenvalue weighted by atomic mass is 10.1. The minimum atomic E-state index is -4.45. The Hall–Kier alpha value is -3.20. The predicted molar refractivity (Wildman–Crippen MR) is 95.4 cm³/mol. The van der Waals surface area contributed by atoms with Gasteiger partial charge in [0.05, 0.1) is 16.1 Å². The van der Waals surface area contributed by atoms with Gasteiger partial charge in [0.2, 0.25) is 5.82 Å². The lowest BCUT2D eigenvalue weighted by Gasteiger charge is -2.05. The van der Waals surface area contributed by atoms with Crippen molar-refractivity contribution in [3.8, 4) is 34.1 Å². The lowest BCUT2D eigenvalue weighted by Crippen LogP contribution is -2.04. The molecule has 4 rings (SSSR count). The predicted octanol–water partition coefficient (Wildman–Crippen LogP) is 6.18. The average Bonchev–Trinajstić information content (AvgIpc) is 3.28. The van der Waals surface area contributed by atoms with E-state index in [9.17, 15) is 17.6 Å². The Morgan fingerprint density at radius 3 is 2.31 bits per heavy atom. The van der Waals surface area contributed by atoms with Crippen molar-refractivity contribution in [3.63, 3.8) is 0 Å². The molecule has 0 fully saturated rings. The second kappa shape index (κ2) is 7.00. The molecule has 4 aromatic rings. The summed E-state index contributed by atoms with van der Waals surface area (Å²) in [5.74, 6) is -0.315. The van der Waals surface area contributed by atoms with E-state index in [2.05, 4.69) is 15.3 Å². The molecule has 0 saturated carbocycles. The zero-order valence-electron chi connectivity index (χ0n) is 14.6. The van der Waals surface area contributed by atoms with Gasteiger partial charge in [0.15, 0.2) is 0 Å². The highest BCUT2D eigenvalue weighted by molar-refractivity contribution is 6.33. The van der Waals surface area contributed by atoms with E-state index in [0.29, 0.717) is 5.56 Å². The summed E-state index contributed by atoms with van der Waals surface area (Å²) in [6.45, 7) is 1.57. The molecule has 0 aliphatic carbocycles. The van der Waals surface area contributed by atoms with E-state index in [-0.39, 0.29) is 39.3 Å². The van der Waals surface area contributed by atoms with E-state index in [0.717, 1.165) is 12.1 Å². The van der Waals surface area contributed by atoms with Crippen LogP contribution in [0.25, 0.3) is 34.1 Å². The third kappa shape index (κ3) is 3.49. The second-order valence-corrected chi connectivity index (χ2v) is 6.46. The van der Waals surface area contributed by atoms with Gasteiger partial charge in [-0.1, -0.05) is 40.1 Å². The van der Waals surface area contributed by atoms with Crippen LogP contribution >= 0.6 is 11.6 Å². The zero-order valence-corrected chi connectivity index (χ0v) is 15.3.